The Bertz CT molecular complexity index is 475. The van der Waals surface area contributed by atoms with E-state index in [9.17, 15) is 0 Å². The molecule has 0 spiro atoms. The molecule has 0 unspecified atom stereocenters. The topological polar surface area (TPSA) is 12.5 Å². The first-order valence-corrected chi connectivity index (χ1v) is 7.52. The lowest BCUT2D eigenvalue weighted by molar-refractivity contribution is 0.200. The highest BCUT2D eigenvalue weighted by molar-refractivity contribution is 6.65. The Morgan fingerprint density at radius 2 is 1.59 bits per heavy atom. The molecule has 1 aliphatic heterocycles. The second kappa shape index (κ2) is 3.03. The Labute approximate surface area is 128 Å². The molecule has 4 rings (SSSR count). The number of hydrogen-bond donors (Lipinski definition) is 0. The summed E-state index contributed by atoms with van der Waals surface area (Å²) < 4.78 is 4.12. The molecule has 3 aliphatic carbocycles. The van der Waals surface area contributed by atoms with Crippen LogP contribution in [0.3, 0.4) is 0 Å². The highest BCUT2D eigenvalue weighted by Crippen LogP contribution is 2.80. The van der Waals surface area contributed by atoms with Gasteiger partial charge in [0.2, 0.25) is 0 Å². The van der Waals surface area contributed by atoms with E-state index in [0.29, 0.717) is 5.03 Å². The number of allylic oxidation sites excluding steroid dienone is 2. The van der Waals surface area contributed by atoms with Crippen LogP contribution in [0, 0.1) is 11.8 Å². The molecule has 7 heteroatoms. The molecule has 0 aromatic heterocycles. The summed E-state index contributed by atoms with van der Waals surface area (Å²) >= 11 is 38.6. The van der Waals surface area contributed by atoms with Crippen LogP contribution in [0.5, 0.6) is 0 Å². The zero-order chi connectivity index (χ0) is 12.4. The number of rotatable bonds is 0. The maximum atomic E-state index is 6.64. The van der Waals surface area contributed by atoms with E-state index in [1.807, 2.05) is 0 Å². The van der Waals surface area contributed by atoms with Crippen molar-refractivity contribution < 1.29 is 4.74 Å². The Hall–Kier alpha value is 1.44. The lowest BCUT2D eigenvalue weighted by Crippen LogP contribution is -2.45. The maximum Gasteiger partial charge on any atom is 0.166 e. The number of halogens is 6. The minimum atomic E-state index is -1.40. The van der Waals surface area contributed by atoms with Gasteiger partial charge in [-0.1, -0.05) is 46.4 Å². The van der Waals surface area contributed by atoms with Crippen molar-refractivity contribution in [1.82, 2.24) is 0 Å². The summed E-state index contributed by atoms with van der Waals surface area (Å²) in [5.41, 5.74) is 0. The van der Waals surface area contributed by atoms with Gasteiger partial charge in [0.05, 0.1) is 22.3 Å². The van der Waals surface area contributed by atoms with Crippen LogP contribution in [-0.2, 0) is 4.74 Å². The molecule has 94 valence electrons. The lowest BCUT2D eigenvalue weighted by Gasteiger charge is -2.33. The molecule has 4 aliphatic rings. The van der Waals surface area contributed by atoms with Crippen molar-refractivity contribution in [3.8, 4) is 0 Å². The minimum absolute atomic E-state index is 0.0235. The number of alkyl halides is 4. The van der Waals surface area contributed by atoms with Crippen LogP contribution in [0.15, 0.2) is 10.1 Å². The van der Waals surface area contributed by atoms with Crippen LogP contribution in [-0.4, -0.2) is 26.3 Å². The minimum Gasteiger partial charge on any atom is -0.369 e. The van der Waals surface area contributed by atoms with Gasteiger partial charge in [0, 0.05) is 5.92 Å². The van der Waals surface area contributed by atoms with Crippen molar-refractivity contribution >= 4 is 69.6 Å². The van der Waals surface area contributed by atoms with Gasteiger partial charge in [0.1, 0.15) is 9.75 Å². The van der Waals surface area contributed by atoms with Gasteiger partial charge in [-0.3, -0.25) is 0 Å². The molecule has 1 saturated heterocycles. The number of ether oxygens (including phenoxy) is 1. The fourth-order valence-electron chi connectivity index (χ4n) is 3.81. The summed E-state index contributed by atoms with van der Waals surface area (Å²) in [6.45, 7) is 0. The van der Waals surface area contributed by atoms with E-state index >= 15 is 0 Å². The van der Waals surface area contributed by atoms with Gasteiger partial charge in [-0.05, 0) is 12.3 Å². The van der Waals surface area contributed by atoms with Crippen molar-refractivity contribution in [2.24, 2.45) is 11.8 Å². The molecule has 0 N–H and O–H groups in total. The molecular formula is C10H6Cl6O. The van der Waals surface area contributed by atoms with Gasteiger partial charge in [-0.2, -0.15) is 0 Å². The predicted molar refractivity (Wildman–Crippen MR) is 70.6 cm³/mol. The van der Waals surface area contributed by atoms with Crippen molar-refractivity contribution in [2.75, 3.05) is 0 Å². The van der Waals surface area contributed by atoms with Crippen molar-refractivity contribution in [3.05, 3.63) is 10.1 Å². The summed E-state index contributed by atoms with van der Waals surface area (Å²) in [7, 11) is 0. The van der Waals surface area contributed by atoms with Gasteiger partial charge in [0.25, 0.3) is 0 Å². The van der Waals surface area contributed by atoms with Gasteiger partial charge >= 0.3 is 0 Å². The quantitative estimate of drug-likeness (QED) is 0.468. The summed E-state index contributed by atoms with van der Waals surface area (Å²) in [4.78, 5) is -2.21. The Morgan fingerprint density at radius 3 is 2.24 bits per heavy atom. The van der Waals surface area contributed by atoms with E-state index in [1.54, 1.807) is 0 Å². The van der Waals surface area contributed by atoms with Crippen LogP contribution < -0.4 is 0 Å². The van der Waals surface area contributed by atoms with Crippen LogP contribution >= 0.6 is 69.6 Å². The molecule has 0 aromatic carbocycles. The molecule has 0 amide bonds. The van der Waals surface area contributed by atoms with Crippen molar-refractivity contribution in [3.63, 3.8) is 0 Å². The first kappa shape index (κ1) is 12.2. The first-order valence-electron chi connectivity index (χ1n) is 5.25. The number of epoxide rings is 1. The lowest BCUT2D eigenvalue weighted by atomic mass is 9.84. The average molecular weight is 355 g/mol. The summed E-state index contributed by atoms with van der Waals surface area (Å²) in [6.07, 6.45) is 1.06. The maximum absolute atomic E-state index is 6.64. The predicted octanol–water partition coefficient (Wildman–Crippen LogP) is 4.24. The molecule has 3 fully saturated rings. The van der Waals surface area contributed by atoms with Crippen LogP contribution in [0.1, 0.15) is 6.42 Å². The van der Waals surface area contributed by atoms with Crippen LogP contribution in [0.25, 0.3) is 0 Å². The Morgan fingerprint density at radius 1 is 1.00 bits per heavy atom. The second-order valence-electron chi connectivity index (χ2n) is 5.13. The molecule has 0 radical (unpaired) electrons. The molecule has 6 atom stereocenters. The first-order chi connectivity index (χ1) is 7.78. The third-order valence-corrected chi connectivity index (χ3v) is 8.93. The van der Waals surface area contributed by atoms with Gasteiger partial charge in [-0.25, -0.2) is 0 Å². The smallest absolute Gasteiger partial charge is 0.166 e. The number of hydrogen-bond acceptors (Lipinski definition) is 1. The highest BCUT2D eigenvalue weighted by atomic mass is 35.5. The second-order valence-corrected chi connectivity index (χ2v) is 8.41. The summed E-state index contributed by atoms with van der Waals surface area (Å²) in [5, 5.41) is 0.571. The molecule has 1 nitrogen and oxygen atoms in total. The zero-order valence-corrected chi connectivity index (χ0v) is 12.7. The van der Waals surface area contributed by atoms with Gasteiger partial charge < -0.3 is 4.74 Å². The van der Waals surface area contributed by atoms with Crippen LogP contribution in [0.4, 0.5) is 0 Å². The molecule has 0 aromatic rings. The van der Waals surface area contributed by atoms with Crippen molar-refractivity contribution in [1.29, 1.82) is 0 Å². The van der Waals surface area contributed by atoms with E-state index in [1.165, 1.54) is 0 Å². The normalized spacial score (nSPS) is 61.8. The summed E-state index contributed by atoms with van der Waals surface area (Å²) in [6, 6.07) is 0. The summed E-state index contributed by atoms with van der Waals surface area (Å²) in [5.74, 6) is -0.0351. The van der Waals surface area contributed by atoms with E-state index in [0.717, 1.165) is 6.42 Å². The molecule has 2 saturated carbocycles. The Balaban J connectivity index is 2.00. The Kier molecular flexibility index (Phi) is 2.17. The van der Waals surface area contributed by atoms with E-state index in [4.69, 9.17) is 74.3 Å². The van der Waals surface area contributed by atoms with Crippen LogP contribution in [0.2, 0.25) is 0 Å². The third-order valence-electron chi connectivity index (χ3n) is 4.61. The zero-order valence-electron chi connectivity index (χ0n) is 8.19. The van der Waals surface area contributed by atoms with E-state index < -0.39 is 14.1 Å². The van der Waals surface area contributed by atoms with E-state index in [-0.39, 0.29) is 29.1 Å². The molecular weight excluding hydrogens is 349 g/mol. The monoisotopic (exact) mass is 352 g/mol. The number of fused-ring (bicyclic) bond motifs is 7. The third kappa shape index (κ3) is 0.971. The standard InChI is InChI=1S/C10H6Cl6O/c11-6-7(12)9(14)4-2(1-3-5(4)17-3)8(6,13)10(9,15)16/h2-5H,1H2/t2-,3+,4-,5-,8-,9-/m0/s1. The van der Waals surface area contributed by atoms with Gasteiger partial charge in [-0.15, -0.1) is 23.2 Å². The van der Waals surface area contributed by atoms with Crippen molar-refractivity contribution in [2.45, 2.75) is 32.7 Å². The fourth-order valence-corrected chi connectivity index (χ4v) is 6.90. The molecule has 1 heterocycles. The molecule has 2 bridgehead atoms. The SMILES string of the molecule is ClC1=C(Cl)[C@@]2(Cl)[C@H]3C[C@H]4O[C@@H]4[C@H]3[C@@]1(Cl)C2(Cl)Cl. The highest BCUT2D eigenvalue weighted by Gasteiger charge is 2.87. The van der Waals surface area contributed by atoms with E-state index in [2.05, 4.69) is 0 Å². The molecule has 17 heavy (non-hydrogen) atoms. The average Bonchev–Trinajstić information content (AvgIpc) is 2.88. The largest absolute Gasteiger partial charge is 0.369 e. The fraction of sp³-hybridized carbons (Fsp3) is 0.800. The van der Waals surface area contributed by atoms with Gasteiger partial charge in [0.15, 0.2) is 4.33 Å².